The maximum Gasteiger partial charge on any atom is 0.241 e. The Morgan fingerprint density at radius 1 is 0.791 bits per heavy atom. The Morgan fingerprint density at radius 3 is 2.30 bits per heavy atom. The van der Waals surface area contributed by atoms with Crippen LogP contribution in [0.5, 0.6) is 11.5 Å². The zero-order valence-electron chi connectivity index (χ0n) is 26.5. The normalized spacial score (nSPS) is 19.6. The van der Waals surface area contributed by atoms with Crippen molar-refractivity contribution in [3.8, 4) is 11.5 Å². The molecule has 0 saturated carbocycles. The second-order valence-corrected chi connectivity index (χ2v) is 12.6. The summed E-state index contributed by atoms with van der Waals surface area (Å²) in [6.45, 7) is 5.51. The molecule has 0 radical (unpaired) electrons. The molecule has 232 valence electrons. The molecule has 2 aliphatic rings. The second kappa shape index (κ2) is 15.8. The van der Waals surface area contributed by atoms with E-state index in [1.807, 2.05) is 24.3 Å². The van der Waals surface area contributed by atoms with Crippen LogP contribution < -0.4 is 9.47 Å². The molecule has 3 aromatic carbocycles. The van der Waals surface area contributed by atoms with E-state index in [1.165, 1.54) is 63.4 Å². The van der Waals surface area contributed by atoms with Crippen LogP contribution >= 0.6 is 0 Å². The molecule has 0 fully saturated rings. The van der Waals surface area contributed by atoms with Gasteiger partial charge in [0.2, 0.25) is 5.79 Å². The van der Waals surface area contributed by atoms with Gasteiger partial charge in [0.15, 0.2) is 0 Å². The lowest BCUT2D eigenvalue weighted by Crippen LogP contribution is -2.45. The molecule has 4 nitrogen and oxygen atoms in total. The molecule has 2 heterocycles. The summed E-state index contributed by atoms with van der Waals surface area (Å²) in [5.41, 5.74) is 5.54. The van der Waals surface area contributed by atoms with E-state index in [0.29, 0.717) is 13.2 Å². The molecular formula is C39H52O4. The average molecular weight is 585 g/mol. The molecule has 4 heteroatoms. The monoisotopic (exact) mass is 584 g/mol. The molecule has 0 aliphatic carbocycles. The molecule has 43 heavy (non-hydrogen) atoms. The lowest BCUT2D eigenvalue weighted by atomic mass is 9.78. The molecule has 5 rings (SSSR count). The van der Waals surface area contributed by atoms with Crippen molar-refractivity contribution >= 4 is 0 Å². The van der Waals surface area contributed by atoms with Gasteiger partial charge in [0.1, 0.15) is 18.1 Å². The maximum absolute atomic E-state index is 11.3. The first-order chi connectivity index (χ1) is 21.2. The van der Waals surface area contributed by atoms with E-state index in [1.54, 1.807) is 0 Å². The number of hydrogen-bond acceptors (Lipinski definition) is 4. The highest BCUT2D eigenvalue weighted by Gasteiger charge is 2.52. The quantitative estimate of drug-likeness (QED) is 0.160. The van der Waals surface area contributed by atoms with E-state index in [9.17, 15) is 5.11 Å². The third-order valence-corrected chi connectivity index (χ3v) is 9.44. The number of hydrogen-bond donors (Lipinski definition) is 1. The predicted molar refractivity (Wildman–Crippen MR) is 174 cm³/mol. The van der Waals surface area contributed by atoms with Gasteiger partial charge in [0.05, 0.1) is 12.7 Å². The van der Waals surface area contributed by atoms with Crippen molar-refractivity contribution < 1.29 is 19.3 Å². The lowest BCUT2D eigenvalue weighted by molar-refractivity contribution is -0.228. The first kappa shape index (κ1) is 31.6. The SMILES string of the molecule is CCCCCCCCC(O)c1cccc2c1C[C@@H](CCCCCCC)[C@@]1(OCc3c(OCc4ccccc4)cccc31)O2. The molecule has 0 amide bonds. The average Bonchev–Trinajstić information content (AvgIpc) is 3.40. The summed E-state index contributed by atoms with van der Waals surface area (Å²) in [5.74, 6) is 1.06. The van der Waals surface area contributed by atoms with E-state index < -0.39 is 11.9 Å². The molecule has 3 aromatic rings. The Labute approximate surface area is 259 Å². The highest BCUT2D eigenvalue weighted by atomic mass is 16.7. The van der Waals surface area contributed by atoms with E-state index in [-0.39, 0.29) is 5.92 Å². The Hall–Kier alpha value is -2.82. The first-order valence-corrected chi connectivity index (χ1v) is 17.1. The number of rotatable bonds is 17. The molecule has 1 unspecified atom stereocenters. The van der Waals surface area contributed by atoms with Gasteiger partial charge in [-0.05, 0) is 42.5 Å². The minimum atomic E-state index is -0.831. The smallest absolute Gasteiger partial charge is 0.241 e. The van der Waals surface area contributed by atoms with Crippen LogP contribution in [0.15, 0.2) is 66.7 Å². The van der Waals surface area contributed by atoms with E-state index in [2.05, 4.69) is 56.3 Å². The summed E-state index contributed by atoms with van der Waals surface area (Å²) in [4.78, 5) is 0. The van der Waals surface area contributed by atoms with Gasteiger partial charge in [-0.2, -0.15) is 0 Å². The number of aliphatic hydroxyl groups excluding tert-OH is 1. The van der Waals surface area contributed by atoms with Crippen LogP contribution in [0.25, 0.3) is 0 Å². The summed E-state index contributed by atoms with van der Waals surface area (Å²) in [5, 5.41) is 11.3. The maximum atomic E-state index is 11.3. The van der Waals surface area contributed by atoms with Gasteiger partial charge >= 0.3 is 0 Å². The zero-order valence-corrected chi connectivity index (χ0v) is 26.5. The van der Waals surface area contributed by atoms with E-state index >= 15 is 0 Å². The Kier molecular flexibility index (Phi) is 11.6. The van der Waals surface area contributed by atoms with Crippen molar-refractivity contribution in [2.45, 2.75) is 129 Å². The van der Waals surface area contributed by atoms with Gasteiger partial charge in [0.25, 0.3) is 0 Å². The Balaban J connectivity index is 1.37. The van der Waals surface area contributed by atoms with Crippen molar-refractivity contribution in [1.29, 1.82) is 0 Å². The number of unbranched alkanes of at least 4 members (excludes halogenated alkanes) is 9. The van der Waals surface area contributed by atoms with Crippen molar-refractivity contribution in [2.75, 3.05) is 0 Å². The topological polar surface area (TPSA) is 47.9 Å². The van der Waals surface area contributed by atoms with Crippen LogP contribution in [-0.2, 0) is 30.2 Å². The van der Waals surface area contributed by atoms with Crippen LogP contribution in [-0.4, -0.2) is 5.11 Å². The predicted octanol–water partition coefficient (Wildman–Crippen LogP) is 10.3. The number of fused-ring (bicyclic) bond motifs is 3. The van der Waals surface area contributed by atoms with Gasteiger partial charge in [-0.1, -0.05) is 139 Å². The fourth-order valence-electron chi connectivity index (χ4n) is 6.99. The van der Waals surface area contributed by atoms with Crippen molar-refractivity contribution in [1.82, 2.24) is 0 Å². The highest BCUT2D eigenvalue weighted by Crippen LogP contribution is 2.53. The summed E-state index contributed by atoms with van der Waals surface area (Å²) >= 11 is 0. The van der Waals surface area contributed by atoms with Crippen LogP contribution in [0, 0.1) is 5.92 Å². The van der Waals surface area contributed by atoms with Crippen LogP contribution in [0.1, 0.15) is 131 Å². The van der Waals surface area contributed by atoms with Gasteiger partial charge in [-0.25, -0.2) is 0 Å². The second-order valence-electron chi connectivity index (χ2n) is 12.6. The molecular weight excluding hydrogens is 532 g/mol. The molecule has 1 N–H and O–H groups in total. The third kappa shape index (κ3) is 7.64. The van der Waals surface area contributed by atoms with Gasteiger partial charge in [-0.3, -0.25) is 0 Å². The van der Waals surface area contributed by atoms with E-state index in [0.717, 1.165) is 65.9 Å². The number of aliphatic hydroxyl groups is 1. The minimum Gasteiger partial charge on any atom is -0.489 e. The summed E-state index contributed by atoms with van der Waals surface area (Å²) < 4.78 is 20.1. The number of ether oxygens (including phenoxy) is 3. The lowest BCUT2D eigenvalue weighted by Gasteiger charge is -2.43. The zero-order chi connectivity index (χ0) is 29.9. The molecule has 0 bridgehead atoms. The fourth-order valence-corrected chi connectivity index (χ4v) is 6.99. The number of benzene rings is 3. The standard InChI is InChI=1S/C39H52O4/c1-3-5-7-9-11-16-24-36(40)32-22-17-26-38-33(32)27-31(21-15-10-8-6-4-2)39(43-38)35-23-18-25-37(34(35)29-42-39)41-28-30-19-13-12-14-20-30/h12-14,17-20,22-23,25-26,31,36,40H,3-11,15-16,21,24,27-29H2,1-2H3/t31-,36?,39-/m1/s1. The minimum absolute atomic E-state index is 0.162. The third-order valence-electron chi connectivity index (χ3n) is 9.44. The molecule has 0 saturated heterocycles. The molecule has 3 atom stereocenters. The fraction of sp³-hybridized carbons (Fsp3) is 0.538. The van der Waals surface area contributed by atoms with Crippen LogP contribution in [0.4, 0.5) is 0 Å². The highest BCUT2D eigenvalue weighted by molar-refractivity contribution is 5.49. The van der Waals surface area contributed by atoms with Gasteiger partial charge < -0.3 is 19.3 Å². The summed E-state index contributed by atoms with van der Waals surface area (Å²) in [6.07, 6.45) is 15.7. The van der Waals surface area contributed by atoms with Crippen molar-refractivity contribution in [2.24, 2.45) is 5.92 Å². The molecule has 1 spiro atoms. The van der Waals surface area contributed by atoms with Crippen LogP contribution in [0.3, 0.4) is 0 Å². The van der Waals surface area contributed by atoms with Crippen molar-refractivity contribution in [3.63, 3.8) is 0 Å². The largest absolute Gasteiger partial charge is 0.489 e. The van der Waals surface area contributed by atoms with Gasteiger partial charge in [-0.15, -0.1) is 0 Å². The Morgan fingerprint density at radius 2 is 1.51 bits per heavy atom. The van der Waals surface area contributed by atoms with E-state index in [4.69, 9.17) is 14.2 Å². The summed E-state index contributed by atoms with van der Waals surface area (Å²) in [7, 11) is 0. The summed E-state index contributed by atoms with van der Waals surface area (Å²) in [6, 6.07) is 22.8. The Bertz CT molecular complexity index is 1270. The first-order valence-electron chi connectivity index (χ1n) is 17.1. The molecule has 0 aromatic heterocycles. The van der Waals surface area contributed by atoms with Gasteiger partial charge in [0, 0.05) is 22.6 Å². The van der Waals surface area contributed by atoms with Crippen molar-refractivity contribution in [3.05, 3.63) is 94.5 Å². The van der Waals surface area contributed by atoms with Crippen LogP contribution in [0.2, 0.25) is 0 Å². The molecule has 2 aliphatic heterocycles.